The van der Waals surface area contributed by atoms with Crippen molar-refractivity contribution in [2.75, 3.05) is 0 Å². The van der Waals surface area contributed by atoms with E-state index >= 15 is 0 Å². The molecule has 0 spiro atoms. The SMILES string of the molecule is CC.CC.CC(=O)c1nc2ccccc2[nH]1. The van der Waals surface area contributed by atoms with Crippen molar-refractivity contribution in [1.29, 1.82) is 0 Å². The number of carbonyl (C=O) groups excluding carboxylic acids is 1. The first-order chi connectivity index (χ1) is 7.77. The molecule has 0 saturated carbocycles. The summed E-state index contributed by atoms with van der Waals surface area (Å²) >= 11 is 0. The molecule has 2 rings (SSSR count). The Balaban J connectivity index is 0.000000509. The van der Waals surface area contributed by atoms with Crippen molar-refractivity contribution < 1.29 is 4.79 Å². The number of para-hydroxylation sites is 2. The minimum absolute atomic E-state index is 0.0359. The highest BCUT2D eigenvalue weighted by Gasteiger charge is 2.04. The number of aromatic amines is 1. The molecule has 0 aliphatic rings. The molecule has 2 aromatic rings. The fourth-order valence-corrected chi connectivity index (χ4v) is 1.12. The number of aromatic nitrogens is 2. The van der Waals surface area contributed by atoms with Crippen LogP contribution in [0, 0.1) is 0 Å². The summed E-state index contributed by atoms with van der Waals surface area (Å²) in [5.41, 5.74) is 1.74. The minimum Gasteiger partial charge on any atom is -0.335 e. The Morgan fingerprint density at radius 2 is 1.69 bits per heavy atom. The number of benzene rings is 1. The van der Waals surface area contributed by atoms with E-state index in [1.807, 2.05) is 52.0 Å². The van der Waals surface area contributed by atoms with Gasteiger partial charge in [-0.05, 0) is 12.1 Å². The largest absolute Gasteiger partial charge is 0.335 e. The standard InChI is InChI=1S/C9H8N2O.2C2H6/c1-6(12)9-10-7-4-2-3-5-8(7)11-9;2*1-2/h2-5H,1H3,(H,10,11);2*1-2H3. The number of ketones is 1. The molecular weight excluding hydrogens is 200 g/mol. The molecule has 0 saturated heterocycles. The van der Waals surface area contributed by atoms with Crippen LogP contribution in [0.3, 0.4) is 0 Å². The van der Waals surface area contributed by atoms with Gasteiger partial charge in [-0.15, -0.1) is 0 Å². The molecule has 0 aliphatic carbocycles. The topological polar surface area (TPSA) is 45.8 Å². The molecule has 3 heteroatoms. The smallest absolute Gasteiger partial charge is 0.195 e. The monoisotopic (exact) mass is 220 g/mol. The lowest BCUT2D eigenvalue weighted by molar-refractivity contribution is 0.100. The third-order valence-corrected chi connectivity index (χ3v) is 1.72. The van der Waals surface area contributed by atoms with Gasteiger partial charge in [0, 0.05) is 6.92 Å². The summed E-state index contributed by atoms with van der Waals surface area (Å²) in [5.74, 6) is 0.391. The Labute approximate surface area is 96.9 Å². The van der Waals surface area contributed by atoms with Crippen molar-refractivity contribution in [1.82, 2.24) is 9.97 Å². The van der Waals surface area contributed by atoms with Gasteiger partial charge in [0.25, 0.3) is 0 Å². The lowest BCUT2D eigenvalue weighted by Crippen LogP contribution is -1.93. The molecule has 3 nitrogen and oxygen atoms in total. The van der Waals surface area contributed by atoms with Crippen molar-refractivity contribution in [3.05, 3.63) is 30.1 Å². The van der Waals surface area contributed by atoms with Gasteiger partial charge < -0.3 is 4.98 Å². The van der Waals surface area contributed by atoms with Crippen LogP contribution < -0.4 is 0 Å². The number of fused-ring (bicyclic) bond motifs is 1. The summed E-state index contributed by atoms with van der Waals surface area (Å²) in [7, 11) is 0. The van der Waals surface area contributed by atoms with Crippen LogP contribution in [0.5, 0.6) is 0 Å². The highest BCUT2D eigenvalue weighted by molar-refractivity contribution is 5.93. The van der Waals surface area contributed by atoms with Crippen molar-refractivity contribution in [3.63, 3.8) is 0 Å². The number of H-pyrrole nitrogens is 1. The van der Waals surface area contributed by atoms with Crippen LogP contribution in [0.2, 0.25) is 0 Å². The van der Waals surface area contributed by atoms with E-state index in [2.05, 4.69) is 9.97 Å². The number of nitrogens with zero attached hydrogens (tertiary/aromatic N) is 1. The molecule has 1 aromatic carbocycles. The molecule has 0 unspecified atom stereocenters. The number of hydrogen-bond acceptors (Lipinski definition) is 2. The zero-order valence-electron chi connectivity index (χ0n) is 10.7. The van der Waals surface area contributed by atoms with Gasteiger partial charge in [-0.3, -0.25) is 4.79 Å². The fourth-order valence-electron chi connectivity index (χ4n) is 1.12. The molecule has 0 aliphatic heterocycles. The molecule has 1 heterocycles. The summed E-state index contributed by atoms with van der Waals surface area (Å²) in [6, 6.07) is 7.57. The molecular formula is C13H20N2O. The maximum atomic E-state index is 10.9. The second-order valence-electron chi connectivity index (χ2n) is 2.66. The maximum absolute atomic E-state index is 10.9. The van der Waals surface area contributed by atoms with Crippen LogP contribution >= 0.6 is 0 Å². The number of nitrogens with one attached hydrogen (secondary N) is 1. The van der Waals surface area contributed by atoms with Gasteiger partial charge in [0.1, 0.15) is 0 Å². The van der Waals surface area contributed by atoms with Gasteiger partial charge >= 0.3 is 0 Å². The molecule has 1 aromatic heterocycles. The Morgan fingerprint density at radius 3 is 2.19 bits per heavy atom. The quantitative estimate of drug-likeness (QED) is 0.742. The third kappa shape index (κ3) is 3.50. The predicted molar refractivity (Wildman–Crippen MR) is 68.8 cm³/mol. The molecule has 0 bridgehead atoms. The summed E-state index contributed by atoms with van der Waals surface area (Å²) in [6.45, 7) is 9.50. The second kappa shape index (κ2) is 7.63. The molecule has 88 valence electrons. The van der Waals surface area contributed by atoms with Crippen LogP contribution in [0.1, 0.15) is 45.2 Å². The van der Waals surface area contributed by atoms with Gasteiger partial charge in [0.2, 0.25) is 0 Å². The van der Waals surface area contributed by atoms with E-state index < -0.39 is 0 Å². The number of hydrogen-bond donors (Lipinski definition) is 1. The highest BCUT2D eigenvalue weighted by Crippen LogP contribution is 2.09. The lowest BCUT2D eigenvalue weighted by atomic mass is 10.3. The summed E-state index contributed by atoms with van der Waals surface area (Å²) in [6.07, 6.45) is 0. The Hall–Kier alpha value is -1.64. The van der Waals surface area contributed by atoms with E-state index in [4.69, 9.17) is 0 Å². The minimum atomic E-state index is -0.0359. The molecule has 0 radical (unpaired) electrons. The van der Waals surface area contributed by atoms with Gasteiger partial charge in [0.15, 0.2) is 11.6 Å². The van der Waals surface area contributed by atoms with Gasteiger partial charge in [0.05, 0.1) is 11.0 Å². The summed E-state index contributed by atoms with van der Waals surface area (Å²) in [4.78, 5) is 18.0. The van der Waals surface area contributed by atoms with E-state index in [0.717, 1.165) is 11.0 Å². The van der Waals surface area contributed by atoms with Crippen LogP contribution in [0.15, 0.2) is 24.3 Å². The van der Waals surface area contributed by atoms with Crippen LogP contribution in [0.4, 0.5) is 0 Å². The van der Waals surface area contributed by atoms with E-state index in [0.29, 0.717) is 5.82 Å². The van der Waals surface area contributed by atoms with Crippen molar-refractivity contribution >= 4 is 16.8 Å². The van der Waals surface area contributed by atoms with Crippen LogP contribution in [-0.2, 0) is 0 Å². The van der Waals surface area contributed by atoms with Crippen molar-refractivity contribution in [2.45, 2.75) is 34.6 Å². The molecule has 0 fully saturated rings. The Morgan fingerprint density at radius 1 is 1.12 bits per heavy atom. The van der Waals surface area contributed by atoms with Crippen LogP contribution in [0.25, 0.3) is 11.0 Å². The molecule has 0 amide bonds. The van der Waals surface area contributed by atoms with Gasteiger partial charge in [-0.2, -0.15) is 0 Å². The molecule has 1 N–H and O–H groups in total. The number of carbonyl (C=O) groups is 1. The van der Waals surface area contributed by atoms with Gasteiger partial charge in [-0.25, -0.2) is 4.98 Å². The normalized spacial score (nSPS) is 8.56. The molecule has 16 heavy (non-hydrogen) atoms. The van der Waals surface area contributed by atoms with Crippen molar-refractivity contribution in [3.8, 4) is 0 Å². The summed E-state index contributed by atoms with van der Waals surface area (Å²) < 4.78 is 0. The first kappa shape index (κ1) is 14.4. The number of imidazole rings is 1. The summed E-state index contributed by atoms with van der Waals surface area (Å²) in [5, 5.41) is 0. The molecule has 0 atom stereocenters. The number of rotatable bonds is 1. The zero-order chi connectivity index (χ0) is 12.6. The average Bonchev–Trinajstić information content (AvgIpc) is 2.78. The lowest BCUT2D eigenvalue weighted by Gasteiger charge is -1.82. The van der Waals surface area contributed by atoms with E-state index in [1.165, 1.54) is 6.92 Å². The Kier molecular flexibility index (Phi) is 6.84. The first-order valence-electron chi connectivity index (χ1n) is 5.73. The fraction of sp³-hybridized carbons (Fsp3) is 0.385. The number of Topliss-reactive ketones (excluding diaryl/α,β-unsaturated/α-hetero) is 1. The second-order valence-corrected chi connectivity index (χ2v) is 2.66. The first-order valence-corrected chi connectivity index (χ1v) is 5.73. The predicted octanol–water partition coefficient (Wildman–Crippen LogP) is 3.82. The zero-order valence-corrected chi connectivity index (χ0v) is 10.7. The maximum Gasteiger partial charge on any atom is 0.195 e. The third-order valence-electron chi connectivity index (χ3n) is 1.72. The van der Waals surface area contributed by atoms with E-state index in [-0.39, 0.29) is 5.78 Å². The Bertz CT molecular complexity index is 399. The average molecular weight is 220 g/mol. The van der Waals surface area contributed by atoms with E-state index in [9.17, 15) is 4.79 Å². The van der Waals surface area contributed by atoms with Crippen LogP contribution in [-0.4, -0.2) is 15.8 Å². The van der Waals surface area contributed by atoms with Crippen molar-refractivity contribution in [2.24, 2.45) is 0 Å². The highest BCUT2D eigenvalue weighted by atomic mass is 16.1. The van der Waals surface area contributed by atoms with E-state index in [1.54, 1.807) is 0 Å². The van der Waals surface area contributed by atoms with Gasteiger partial charge in [-0.1, -0.05) is 39.8 Å².